The minimum Gasteiger partial charge on any atom is -0.463 e. The molecule has 2 aromatic rings. The van der Waals surface area contributed by atoms with Gasteiger partial charge >= 0.3 is 6.01 Å². The van der Waals surface area contributed by atoms with Crippen molar-refractivity contribution >= 4 is 5.78 Å². The first-order chi connectivity index (χ1) is 6.83. The molecule has 74 valence electrons. The summed E-state index contributed by atoms with van der Waals surface area (Å²) < 4.78 is 6.71. The van der Waals surface area contributed by atoms with Crippen LogP contribution in [-0.4, -0.2) is 26.2 Å². The van der Waals surface area contributed by atoms with Gasteiger partial charge in [0, 0.05) is 24.5 Å². The molecule has 2 rings (SSSR count). The molecule has 2 aromatic heterocycles. The Morgan fingerprint density at radius 3 is 3.14 bits per heavy atom. The minimum atomic E-state index is 0.342. The van der Waals surface area contributed by atoms with Crippen molar-refractivity contribution < 1.29 is 4.74 Å². The summed E-state index contributed by atoms with van der Waals surface area (Å²) in [5.41, 5.74) is 6.38. The highest BCUT2D eigenvalue weighted by molar-refractivity contribution is 5.28. The zero-order chi connectivity index (χ0) is 9.97. The summed E-state index contributed by atoms with van der Waals surface area (Å²) in [4.78, 5) is 8.14. The zero-order valence-electron chi connectivity index (χ0n) is 7.84. The van der Waals surface area contributed by atoms with Crippen molar-refractivity contribution in [1.82, 2.24) is 19.6 Å². The molecule has 2 heterocycles. The molecule has 0 radical (unpaired) electrons. The topological polar surface area (TPSA) is 78.3 Å². The molecule has 0 atom stereocenters. The molecule has 0 aliphatic heterocycles. The van der Waals surface area contributed by atoms with Crippen molar-refractivity contribution in [2.24, 2.45) is 5.73 Å². The van der Waals surface area contributed by atoms with Crippen LogP contribution in [0.3, 0.4) is 0 Å². The third-order valence-corrected chi connectivity index (χ3v) is 1.74. The number of fused-ring (bicyclic) bond motifs is 1. The van der Waals surface area contributed by atoms with Crippen molar-refractivity contribution in [3.63, 3.8) is 0 Å². The second-order valence-corrected chi connectivity index (χ2v) is 2.74. The summed E-state index contributed by atoms with van der Waals surface area (Å²) in [6.45, 7) is 2.86. The van der Waals surface area contributed by atoms with Crippen LogP contribution in [0, 0.1) is 0 Å². The predicted octanol–water partition coefficient (Wildman–Crippen LogP) is -0.0183. The Bertz CT molecular complexity index is 438. The van der Waals surface area contributed by atoms with E-state index in [1.54, 1.807) is 16.9 Å². The highest BCUT2D eigenvalue weighted by Crippen LogP contribution is 2.05. The van der Waals surface area contributed by atoms with Gasteiger partial charge in [0.05, 0.1) is 6.61 Å². The maximum absolute atomic E-state index is 5.47. The van der Waals surface area contributed by atoms with Gasteiger partial charge in [-0.15, -0.1) is 5.10 Å². The lowest BCUT2D eigenvalue weighted by atomic mass is 10.3. The first-order valence-corrected chi connectivity index (χ1v) is 4.37. The summed E-state index contributed by atoms with van der Waals surface area (Å²) in [5, 5.41) is 4.08. The summed E-state index contributed by atoms with van der Waals surface area (Å²) in [6, 6.07) is 0.342. The van der Waals surface area contributed by atoms with Gasteiger partial charge < -0.3 is 10.5 Å². The van der Waals surface area contributed by atoms with E-state index < -0.39 is 0 Å². The number of aromatic nitrogens is 4. The van der Waals surface area contributed by atoms with E-state index in [-0.39, 0.29) is 0 Å². The fraction of sp³-hybridized carbons (Fsp3) is 0.375. The molecule has 6 nitrogen and oxygen atoms in total. The summed E-state index contributed by atoms with van der Waals surface area (Å²) in [7, 11) is 0. The van der Waals surface area contributed by atoms with Gasteiger partial charge in [0.25, 0.3) is 5.78 Å². The van der Waals surface area contributed by atoms with Crippen LogP contribution in [0.2, 0.25) is 0 Å². The molecule has 14 heavy (non-hydrogen) atoms. The Hall–Kier alpha value is -1.69. The minimum absolute atomic E-state index is 0.342. The van der Waals surface area contributed by atoms with Crippen molar-refractivity contribution in [2.45, 2.75) is 13.5 Å². The molecule has 0 unspecified atom stereocenters. The molecular weight excluding hydrogens is 182 g/mol. The number of nitrogens with zero attached hydrogens (tertiary/aromatic N) is 4. The van der Waals surface area contributed by atoms with Crippen LogP contribution in [0.4, 0.5) is 0 Å². The van der Waals surface area contributed by atoms with E-state index in [1.807, 2.05) is 6.92 Å². The Labute approximate surface area is 80.7 Å². The lowest BCUT2D eigenvalue weighted by Crippen LogP contribution is -2.00. The van der Waals surface area contributed by atoms with E-state index in [9.17, 15) is 0 Å². The van der Waals surface area contributed by atoms with Gasteiger partial charge in [-0.2, -0.15) is 4.98 Å². The first kappa shape index (κ1) is 8.89. The molecule has 6 heteroatoms. The van der Waals surface area contributed by atoms with Crippen molar-refractivity contribution in [3.8, 4) is 6.01 Å². The van der Waals surface area contributed by atoms with Crippen LogP contribution in [-0.2, 0) is 6.54 Å². The monoisotopic (exact) mass is 193 g/mol. The van der Waals surface area contributed by atoms with Gasteiger partial charge in [-0.3, -0.25) is 0 Å². The highest BCUT2D eigenvalue weighted by atomic mass is 16.5. The highest BCUT2D eigenvalue weighted by Gasteiger charge is 2.04. The smallest absolute Gasteiger partial charge is 0.337 e. The van der Waals surface area contributed by atoms with E-state index in [4.69, 9.17) is 10.5 Å². The van der Waals surface area contributed by atoms with Crippen LogP contribution in [0.25, 0.3) is 5.78 Å². The second kappa shape index (κ2) is 3.59. The normalized spacial score (nSPS) is 10.7. The molecule has 0 amide bonds. The van der Waals surface area contributed by atoms with Gasteiger partial charge in [0.2, 0.25) is 0 Å². The van der Waals surface area contributed by atoms with E-state index in [1.165, 1.54) is 0 Å². The molecule has 0 saturated heterocycles. The van der Waals surface area contributed by atoms with E-state index in [0.29, 0.717) is 24.9 Å². The van der Waals surface area contributed by atoms with Gasteiger partial charge in [-0.05, 0) is 6.92 Å². The van der Waals surface area contributed by atoms with E-state index in [0.717, 1.165) is 5.56 Å². The molecule has 0 aliphatic carbocycles. The SMILES string of the molecule is CCOc1nc2ncc(CN)cn2n1. The Balaban J connectivity index is 2.43. The summed E-state index contributed by atoms with van der Waals surface area (Å²) >= 11 is 0. The predicted molar refractivity (Wildman–Crippen MR) is 49.8 cm³/mol. The molecule has 2 N–H and O–H groups in total. The second-order valence-electron chi connectivity index (χ2n) is 2.74. The Kier molecular flexibility index (Phi) is 2.28. The maximum atomic E-state index is 5.47. The van der Waals surface area contributed by atoms with Crippen LogP contribution in [0.15, 0.2) is 12.4 Å². The number of hydrogen-bond acceptors (Lipinski definition) is 5. The molecule has 0 fully saturated rings. The van der Waals surface area contributed by atoms with E-state index >= 15 is 0 Å². The average molecular weight is 193 g/mol. The largest absolute Gasteiger partial charge is 0.463 e. The number of hydrogen-bond donors (Lipinski definition) is 1. The molecule has 0 spiro atoms. The lowest BCUT2D eigenvalue weighted by molar-refractivity contribution is 0.313. The molecule has 0 aromatic carbocycles. The molecule has 0 aliphatic rings. The van der Waals surface area contributed by atoms with Gasteiger partial charge in [-0.1, -0.05) is 0 Å². The maximum Gasteiger partial charge on any atom is 0.337 e. The van der Waals surface area contributed by atoms with Gasteiger partial charge in [0.1, 0.15) is 0 Å². The number of ether oxygens (including phenoxy) is 1. The Morgan fingerprint density at radius 1 is 1.57 bits per heavy atom. The fourth-order valence-corrected chi connectivity index (χ4v) is 1.10. The third-order valence-electron chi connectivity index (χ3n) is 1.74. The zero-order valence-corrected chi connectivity index (χ0v) is 7.84. The Morgan fingerprint density at radius 2 is 2.43 bits per heavy atom. The van der Waals surface area contributed by atoms with Crippen LogP contribution in [0.1, 0.15) is 12.5 Å². The summed E-state index contributed by atoms with van der Waals surface area (Å²) in [6.07, 6.45) is 3.47. The average Bonchev–Trinajstić information content (AvgIpc) is 2.59. The number of rotatable bonds is 3. The van der Waals surface area contributed by atoms with Gasteiger partial charge in [-0.25, -0.2) is 9.50 Å². The summed E-state index contributed by atoms with van der Waals surface area (Å²) in [5.74, 6) is 0.519. The third kappa shape index (κ3) is 1.51. The van der Waals surface area contributed by atoms with E-state index in [2.05, 4.69) is 15.1 Å². The van der Waals surface area contributed by atoms with Crippen molar-refractivity contribution in [1.29, 1.82) is 0 Å². The molecule has 0 bridgehead atoms. The quantitative estimate of drug-likeness (QED) is 0.741. The molecular formula is C8H11N5O. The van der Waals surface area contributed by atoms with Crippen LogP contribution >= 0.6 is 0 Å². The lowest BCUT2D eigenvalue weighted by Gasteiger charge is -1.94. The van der Waals surface area contributed by atoms with Crippen LogP contribution < -0.4 is 10.5 Å². The molecule has 0 saturated carbocycles. The first-order valence-electron chi connectivity index (χ1n) is 4.37. The van der Waals surface area contributed by atoms with Crippen molar-refractivity contribution in [3.05, 3.63) is 18.0 Å². The van der Waals surface area contributed by atoms with Crippen LogP contribution in [0.5, 0.6) is 6.01 Å². The standard InChI is InChI=1S/C8H11N5O/c1-2-14-8-11-7-10-4-6(3-9)5-13(7)12-8/h4-5H,2-3,9H2,1H3. The van der Waals surface area contributed by atoms with Crippen molar-refractivity contribution in [2.75, 3.05) is 6.61 Å². The fourth-order valence-electron chi connectivity index (χ4n) is 1.10. The number of nitrogens with two attached hydrogens (primary N) is 1. The van der Waals surface area contributed by atoms with Gasteiger partial charge in [0.15, 0.2) is 0 Å².